The van der Waals surface area contributed by atoms with E-state index in [1.807, 2.05) is 13.8 Å². The van der Waals surface area contributed by atoms with E-state index < -0.39 is 0 Å². The van der Waals surface area contributed by atoms with Gasteiger partial charge in [-0.2, -0.15) is 12.6 Å². The Bertz CT molecular complexity index is 188. The molecule has 0 aliphatic carbocycles. The first-order valence-corrected chi connectivity index (χ1v) is 4.33. The molecule has 0 aliphatic heterocycles. The van der Waals surface area contributed by atoms with Crippen molar-refractivity contribution in [3.63, 3.8) is 0 Å². The lowest BCUT2D eigenvalue weighted by atomic mass is 10.1. The minimum atomic E-state index is -0.0898. The van der Waals surface area contributed by atoms with Crippen LogP contribution >= 0.6 is 12.6 Å². The fraction of sp³-hybridized carbons (Fsp3) is 0.667. The number of hydrogen-bond acceptors (Lipinski definition) is 2. The van der Waals surface area contributed by atoms with Gasteiger partial charge in [0.15, 0.2) is 0 Å². The van der Waals surface area contributed by atoms with Gasteiger partial charge in [-0.1, -0.05) is 19.8 Å². The second-order valence-electron chi connectivity index (χ2n) is 3.29. The van der Waals surface area contributed by atoms with Crippen LogP contribution in [0.3, 0.4) is 0 Å². The van der Waals surface area contributed by atoms with Gasteiger partial charge in [-0.3, -0.25) is 4.79 Å². The van der Waals surface area contributed by atoms with Gasteiger partial charge in [0, 0.05) is 11.2 Å². The first-order valence-electron chi connectivity index (χ1n) is 3.88. The van der Waals surface area contributed by atoms with Crippen molar-refractivity contribution in [2.24, 2.45) is 0 Å². The van der Waals surface area contributed by atoms with Crippen LogP contribution in [0.2, 0.25) is 0 Å². The zero-order chi connectivity index (χ0) is 9.61. The van der Waals surface area contributed by atoms with Gasteiger partial charge in [-0.15, -0.1) is 6.42 Å². The molecule has 2 nitrogen and oxygen atoms in total. The number of carbonyl (C=O) groups excluding carboxylic acids is 1. The number of hydrogen-bond donors (Lipinski definition) is 2. The van der Waals surface area contributed by atoms with E-state index in [0.717, 1.165) is 6.42 Å². The third kappa shape index (κ3) is 7.49. The third-order valence-corrected chi connectivity index (χ3v) is 1.58. The first-order chi connectivity index (χ1) is 5.45. The molecule has 0 aromatic rings. The Morgan fingerprint density at radius 1 is 1.67 bits per heavy atom. The van der Waals surface area contributed by atoms with E-state index in [1.54, 1.807) is 0 Å². The van der Waals surface area contributed by atoms with Crippen molar-refractivity contribution in [2.45, 2.75) is 31.4 Å². The van der Waals surface area contributed by atoms with Gasteiger partial charge in [0.2, 0.25) is 5.91 Å². The zero-order valence-electron chi connectivity index (χ0n) is 7.55. The average molecular weight is 185 g/mol. The molecule has 1 N–H and O–H groups in total. The molecular formula is C9H15NOS. The van der Waals surface area contributed by atoms with E-state index in [2.05, 4.69) is 23.9 Å². The van der Waals surface area contributed by atoms with Crippen LogP contribution in [0.5, 0.6) is 0 Å². The molecule has 0 aliphatic rings. The van der Waals surface area contributed by atoms with E-state index in [1.165, 1.54) is 0 Å². The maximum atomic E-state index is 11.0. The molecular weight excluding hydrogens is 170 g/mol. The lowest BCUT2D eigenvalue weighted by Gasteiger charge is -2.15. The summed E-state index contributed by atoms with van der Waals surface area (Å²) in [4.78, 5) is 11.0. The Balaban J connectivity index is 3.53. The molecule has 0 radical (unpaired) electrons. The molecule has 68 valence electrons. The van der Waals surface area contributed by atoms with Crippen LogP contribution < -0.4 is 5.32 Å². The average Bonchev–Trinajstić information content (AvgIpc) is 1.95. The Kier molecular flexibility index (Phi) is 4.84. The van der Waals surface area contributed by atoms with Gasteiger partial charge >= 0.3 is 0 Å². The van der Waals surface area contributed by atoms with Gasteiger partial charge in [0.1, 0.15) is 0 Å². The topological polar surface area (TPSA) is 29.1 Å². The summed E-state index contributed by atoms with van der Waals surface area (Å²) in [5.74, 6) is 2.34. The lowest BCUT2D eigenvalue weighted by Crippen LogP contribution is -2.25. The van der Waals surface area contributed by atoms with E-state index in [9.17, 15) is 4.79 Å². The van der Waals surface area contributed by atoms with Crippen molar-refractivity contribution in [2.75, 3.05) is 6.54 Å². The normalized spacial score (nSPS) is 10.5. The van der Waals surface area contributed by atoms with Crippen molar-refractivity contribution in [3.8, 4) is 12.3 Å². The van der Waals surface area contributed by atoms with Gasteiger partial charge < -0.3 is 5.32 Å². The van der Waals surface area contributed by atoms with E-state index >= 15 is 0 Å². The fourth-order valence-electron chi connectivity index (χ4n) is 0.657. The van der Waals surface area contributed by atoms with Gasteiger partial charge in [0.05, 0.1) is 6.54 Å². The standard InChI is InChI=1S/C9H15NOS/c1-4-7-10-8(11)5-6-9(2,3)12/h1,12H,5-7H2,2-3H3,(H,10,11). The highest BCUT2D eigenvalue weighted by Gasteiger charge is 2.12. The number of rotatable bonds is 4. The molecule has 0 saturated carbocycles. The van der Waals surface area contributed by atoms with E-state index in [-0.39, 0.29) is 10.7 Å². The number of amides is 1. The Morgan fingerprint density at radius 2 is 2.25 bits per heavy atom. The number of thiol groups is 1. The number of nitrogens with one attached hydrogen (secondary N) is 1. The minimum absolute atomic E-state index is 0.00456. The molecule has 1 amide bonds. The summed E-state index contributed by atoms with van der Waals surface area (Å²) in [6.45, 7) is 4.26. The fourth-order valence-corrected chi connectivity index (χ4v) is 0.769. The number of terminal acetylenes is 1. The minimum Gasteiger partial charge on any atom is -0.345 e. The van der Waals surface area contributed by atoms with E-state index in [4.69, 9.17) is 6.42 Å². The SMILES string of the molecule is C#CCNC(=O)CCC(C)(C)S. The highest BCUT2D eigenvalue weighted by molar-refractivity contribution is 7.81. The highest BCUT2D eigenvalue weighted by atomic mass is 32.1. The molecule has 0 unspecified atom stereocenters. The monoisotopic (exact) mass is 185 g/mol. The van der Waals surface area contributed by atoms with Crippen molar-refractivity contribution in [1.29, 1.82) is 0 Å². The van der Waals surface area contributed by atoms with Gasteiger partial charge in [0.25, 0.3) is 0 Å². The van der Waals surface area contributed by atoms with Crippen molar-refractivity contribution < 1.29 is 4.79 Å². The molecule has 3 heteroatoms. The van der Waals surface area contributed by atoms with Crippen molar-refractivity contribution in [3.05, 3.63) is 0 Å². The summed E-state index contributed by atoms with van der Waals surface area (Å²) in [6.07, 6.45) is 6.22. The molecule has 0 saturated heterocycles. The van der Waals surface area contributed by atoms with Crippen LogP contribution in [0.25, 0.3) is 0 Å². The second kappa shape index (κ2) is 5.10. The summed E-state index contributed by atoms with van der Waals surface area (Å²) in [5.41, 5.74) is 0. The molecule has 0 rings (SSSR count). The van der Waals surface area contributed by atoms with Crippen LogP contribution in [0.1, 0.15) is 26.7 Å². The summed E-state index contributed by atoms with van der Waals surface area (Å²) in [5, 5.41) is 2.60. The Morgan fingerprint density at radius 3 is 2.67 bits per heavy atom. The van der Waals surface area contributed by atoms with Crippen molar-refractivity contribution >= 4 is 18.5 Å². The largest absolute Gasteiger partial charge is 0.345 e. The molecule has 0 bridgehead atoms. The Hall–Kier alpha value is -0.620. The van der Waals surface area contributed by atoms with Crippen molar-refractivity contribution in [1.82, 2.24) is 5.32 Å². The molecule has 0 heterocycles. The van der Waals surface area contributed by atoms with E-state index in [0.29, 0.717) is 13.0 Å². The summed E-state index contributed by atoms with van der Waals surface area (Å²) < 4.78 is -0.0898. The zero-order valence-corrected chi connectivity index (χ0v) is 8.45. The summed E-state index contributed by atoms with van der Waals surface area (Å²) in [7, 11) is 0. The smallest absolute Gasteiger partial charge is 0.220 e. The lowest BCUT2D eigenvalue weighted by molar-refractivity contribution is -0.121. The molecule has 0 fully saturated rings. The van der Waals surface area contributed by atoms with Gasteiger partial charge in [-0.05, 0) is 6.42 Å². The third-order valence-electron chi connectivity index (χ3n) is 1.35. The molecule has 0 spiro atoms. The van der Waals surface area contributed by atoms with Crippen LogP contribution in [0, 0.1) is 12.3 Å². The summed E-state index contributed by atoms with van der Waals surface area (Å²) >= 11 is 4.30. The van der Waals surface area contributed by atoms with Crippen LogP contribution in [-0.2, 0) is 4.79 Å². The second-order valence-corrected chi connectivity index (χ2v) is 4.50. The van der Waals surface area contributed by atoms with Crippen LogP contribution in [0.4, 0.5) is 0 Å². The van der Waals surface area contributed by atoms with Crippen LogP contribution in [-0.4, -0.2) is 17.2 Å². The quantitative estimate of drug-likeness (QED) is 0.500. The van der Waals surface area contributed by atoms with Crippen LogP contribution in [0.15, 0.2) is 0 Å². The first kappa shape index (κ1) is 11.4. The molecule has 0 aromatic carbocycles. The predicted molar refractivity (Wildman–Crippen MR) is 54.1 cm³/mol. The predicted octanol–water partition coefficient (Wildman–Crippen LogP) is 1.22. The maximum absolute atomic E-state index is 11.0. The van der Waals surface area contributed by atoms with Gasteiger partial charge in [-0.25, -0.2) is 0 Å². The molecule has 12 heavy (non-hydrogen) atoms. The Labute approximate surface area is 79.5 Å². The number of carbonyl (C=O) groups is 1. The molecule has 0 atom stereocenters. The summed E-state index contributed by atoms with van der Waals surface area (Å²) in [6, 6.07) is 0. The molecule has 0 aromatic heterocycles. The maximum Gasteiger partial charge on any atom is 0.220 e. The highest BCUT2D eigenvalue weighted by Crippen LogP contribution is 2.18.